The van der Waals surface area contributed by atoms with Gasteiger partial charge in [0.25, 0.3) is 11.6 Å². The molecule has 0 radical (unpaired) electrons. The second kappa shape index (κ2) is 13.3. The number of pyridine rings is 1. The number of anilines is 2. The predicted molar refractivity (Wildman–Crippen MR) is 183 cm³/mol. The number of nitrogens with zero attached hydrogens (tertiary/aromatic N) is 4. The summed E-state index contributed by atoms with van der Waals surface area (Å²) >= 11 is 5.92. The number of carbonyl (C=O) groups is 1. The third-order valence-electron chi connectivity index (χ3n) is 8.04. The van der Waals surface area contributed by atoms with Gasteiger partial charge < -0.3 is 29.6 Å². The zero-order chi connectivity index (χ0) is 33.1. The van der Waals surface area contributed by atoms with Crippen LogP contribution in [0.4, 0.5) is 17.1 Å². The van der Waals surface area contributed by atoms with Crippen molar-refractivity contribution in [3.63, 3.8) is 0 Å². The largest absolute Gasteiger partial charge is 0.495 e. The van der Waals surface area contributed by atoms with Gasteiger partial charge in [0.05, 0.1) is 35.5 Å². The maximum absolute atomic E-state index is 12.6. The number of para-hydroxylation sites is 1. The highest BCUT2D eigenvalue weighted by molar-refractivity contribution is 7.80. The van der Waals surface area contributed by atoms with E-state index >= 15 is 0 Å². The van der Waals surface area contributed by atoms with E-state index in [1.165, 1.54) is 12.1 Å². The van der Waals surface area contributed by atoms with Crippen LogP contribution in [-0.4, -0.2) is 39.2 Å². The molecular weight excluding hydrogens is 616 g/mol. The Morgan fingerprint density at radius 2 is 1.77 bits per heavy atom. The summed E-state index contributed by atoms with van der Waals surface area (Å²) in [5, 5.41) is 18.5. The van der Waals surface area contributed by atoms with Gasteiger partial charge in [0.15, 0.2) is 11.7 Å². The molecule has 2 N–H and O–H groups in total. The van der Waals surface area contributed by atoms with E-state index in [1.54, 1.807) is 31.5 Å². The van der Waals surface area contributed by atoms with E-state index in [0.29, 0.717) is 28.0 Å². The van der Waals surface area contributed by atoms with Gasteiger partial charge in [-0.2, -0.15) is 0 Å². The molecule has 0 aliphatic carbocycles. The normalized spacial score (nSPS) is 15.6. The molecular formula is C35H32N6O5S. The Kier molecular flexibility index (Phi) is 8.85. The molecule has 2 atom stereocenters. The quantitative estimate of drug-likeness (QED) is 0.0979. The molecule has 1 aliphatic rings. The van der Waals surface area contributed by atoms with E-state index in [9.17, 15) is 14.9 Å². The topological polar surface area (TPSA) is 124 Å². The first kappa shape index (κ1) is 31.2. The van der Waals surface area contributed by atoms with Crippen LogP contribution in [0.5, 0.6) is 11.5 Å². The number of nitrogens with one attached hydrogen (secondary N) is 2. The fraction of sp³-hybridized carbons (Fsp3) is 0.171. The minimum atomic E-state index is -0.418. The highest BCUT2D eigenvalue weighted by atomic mass is 32.1. The van der Waals surface area contributed by atoms with Gasteiger partial charge in [0.2, 0.25) is 0 Å². The average molecular weight is 649 g/mol. The number of carbonyl (C=O) groups excluding carboxylic acids is 1. The molecule has 6 rings (SSSR count). The molecule has 2 aromatic heterocycles. The van der Waals surface area contributed by atoms with E-state index in [2.05, 4.69) is 21.7 Å². The number of nitro benzene ring substituents is 1. The number of hydrogen-bond donors (Lipinski definition) is 2. The summed E-state index contributed by atoms with van der Waals surface area (Å²) < 4.78 is 13.2. The van der Waals surface area contributed by atoms with Crippen molar-refractivity contribution < 1.29 is 19.2 Å². The summed E-state index contributed by atoms with van der Waals surface area (Å²) in [6, 6.07) is 28.3. The number of ether oxygens (including phenoxy) is 2. The standard InChI is InChI=1S/C35H32N6O5S/c1-22-19-28(23(2)39(22)30-20-26(41(43)44)16-17-31(30)45-3)34-33(29-11-7-8-18-36-29)38-35(47)40(34)25-14-12-24(13-15-25)37-32(42)21-46-27-9-5-4-6-10-27/h4-20,33-34H,21H2,1-3H3,(H,37,42)(H,38,47)/t33-,34-/m0/s1. The molecule has 12 heteroatoms. The van der Waals surface area contributed by atoms with Gasteiger partial charge >= 0.3 is 0 Å². The third kappa shape index (κ3) is 6.36. The number of hydrogen-bond acceptors (Lipinski definition) is 7. The van der Waals surface area contributed by atoms with Crippen molar-refractivity contribution in [2.24, 2.45) is 0 Å². The Hall–Kier alpha value is -5.75. The molecule has 1 aliphatic heterocycles. The molecule has 1 saturated heterocycles. The van der Waals surface area contributed by atoms with Crippen molar-refractivity contribution in [1.29, 1.82) is 0 Å². The Balaban J connectivity index is 1.35. The highest BCUT2D eigenvalue weighted by Crippen LogP contribution is 2.44. The number of amides is 1. The van der Waals surface area contributed by atoms with Gasteiger partial charge in [-0.15, -0.1) is 0 Å². The molecule has 47 heavy (non-hydrogen) atoms. The summed E-state index contributed by atoms with van der Waals surface area (Å²) in [7, 11) is 1.54. The van der Waals surface area contributed by atoms with Crippen molar-refractivity contribution in [3.8, 4) is 17.2 Å². The molecule has 0 spiro atoms. The van der Waals surface area contributed by atoms with E-state index in [1.807, 2.05) is 84.0 Å². The molecule has 3 heterocycles. The Morgan fingerprint density at radius 3 is 2.45 bits per heavy atom. The van der Waals surface area contributed by atoms with Crippen LogP contribution in [0.3, 0.4) is 0 Å². The Labute approximate surface area is 276 Å². The number of non-ortho nitro benzene ring substituents is 1. The molecule has 1 fully saturated rings. The zero-order valence-corrected chi connectivity index (χ0v) is 26.7. The molecule has 1 amide bonds. The fourth-order valence-corrected chi connectivity index (χ4v) is 6.29. The van der Waals surface area contributed by atoms with Crippen molar-refractivity contribution in [3.05, 3.63) is 136 Å². The summed E-state index contributed by atoms with van der Waals surface area (Å²) in [5.74, 6) is 0.843. The molecule has 11 nitrogen and oxygen atoms in total. The van der Waals surface area contributed by atoms with Crippen LogP contribution in [-0.2, 0) is 4.79 Å². The number of benzene rings is 3. The second-order valence-corrected chi connectivity index (χ2v) is 11.4. The Morgan fingerprint density at radius 1 is 1.02 bits per heavy atom. The van der Waals surface area contributed by atoms with Crippen LogP contribution in [0.25, 0.3) is 5.69 Å². The predicted octanol–water partition coefficient (Wildman–Crippen LogP) is 6.60. The smallest absolute Gasteiger partial charge is 0.271 e. The number of aryl methyl sites for hydroxylation is 1. The fourth-order valence-electron chi connectivity index (χ4n) is 5.94. The van der Waals surface area contributed by atoms with Crippen molar-refractivity contribution in [2.45, 2.75) is 25.9 Å². The number of nitro groups is 1. The van der Waals surface area contributed by atoms with Gasteiger partial charge in [0.1, 0.15) is 11.5 Å². The minimum absolute atomic E-state index is 0.0367. The molecule has 0 unspecified atom stereocenters. The van der Waals surface area contributed by atoms with E-state index < -0.39 is 4.92 Å². The SMILES string of the molecule is COc1ccc([N+](=O)[O-])cc1-n1c(C)cc([C@H]2[C@H](c3ccccn3)NC(=S)N2c2ccc(NC(=O)COc3ccccc3)cc2)c1C. The lowest BCUT2D eigenvalue weighted by Gasteiger charge is -2.28. The monoisotopic (exact) mass is 648 g/mol. The molecule has 3 aromatic carbocycles. The lowest BCUT2D eigenvalue weighted by molar-refractivity contribution is -0.384. The van der Waals surface area contributed by atoms with Gasteiger partial charge in [-0.1, -0.05) is 24.3 Å². The van der Waals surface area contributed by atoms with Gasteiger partial charge in [0, 0.05) is 41.1 Å². The number of thiocarbonyl (C=S) groups is 1. The van der Waals surface area contributed by atoms with E-state index in [-0.39, 0.29) is 30.3 Å². The third-order valence-corrected chi connectivity index (χ3v) is 8.36. The minimum Gasteiger partial charge on any atom is -0.495 e. The van der Waals surface area contributed by atoms with Crippen LogP contribution >= 0.6 is 12.2 Å². The summed E-state index contributed by atoms with van der Waals surface area (Å²) in [6.07, 6.45) is 1.75. The van der Waals surface area contributed by atoms with Crippen LogP contribution < -0.4 is 25.0 Å². The molecule has 5 aromatic rings. The summed E-state index contributed by atoms with van der Waals surface area (Å²) in [4.78, 5) is 30.5. The van der Waals surface area contributed by atoms with Gasteiger partial charge in [-0.3, -0.25) is 19.9 Å². The zero-order valence-electron chi connectivity index (χ0n) is 25.9. The van der Waals surface area contributed by atoms with E-state index in [0.717, 1.165) is 28.3 Å². The number of rotatable bonds is 10. The summed E-state index contributed by atoms with van der Waals surface area (Å²) in [5.41, 5.74) is 5.44. The molecule has 0 bridgehead atoms. The summed E-state index contributed by atoms with van der Waals surface area (Å²) in [6.45, 7) is 3.81. The molecule has 0 saturated carbocycles. The van der Waals surface area contributed by atoms with Crippen molar-refractivity contribution >= 4 is 40.3 Å². The lowest BCUT2D eigenvalue weighted by atomic mass is 9.96. The van der Waals surface area contributed by atoms with Crippen LogP contribution in [0.1, 0.15) is 34.7 Å². The van der Waals surface area contributed by atoms with Gasteiger partial charge in [-0.05, 0) is 92.3 Å². The maximum atomic E-state index is 12.6. The first-order valence-corrected chi connectivity index (χ1v) is 15.3. The van der Waals surface area contributed by atoms with Gasteiger partial charge in [-0.25, -0.2) is 0 Å². The van der Waals surface area contributed by atoms with Crippen molar-refractivity contribution in [2.75, 3.05) is 23.9 Å². The van der Waals surface area contributed by atoms with Crippen LogP contribution in [0.15, 0.2) is 103 Å². The Bertz CT molecular complexity index is 1930. The first-order chi connectivity index (χ1) is 22.7. The van der Waals surface area contributed by atoms with E-state index in [4.69, 9.17) is 21.7 Å². The number of aromatic nitrogens is 2. The molecule has 238 valence electrons. The number of methoxy groups -OCH3 is 1. The highest BCUT2D eigenvalue weighted by Gasteiger charge is 2.42. The average Bonchev–Trinajstić information content (AvgIpc) is 3.58. The van der Waals surface area contributed by atoms with Crippen molar-refractivity contribution in [1.82, 2.24) is 14.9 Å². The van der Waals surface area contributed by atoms with Crippen LogP contribution in [0.2, 0.25) is 0 Å². The lowest BCUT2D eigenvalue weighted by Crippen LogP contribution is -2.29. The van der Waals surface area contributed by atoms with Crippen LogP contribution in [0, 0.1) is 24.0 Å². The second-order valence-electron chi connectivity index (χ2n) is 11.0. The maximum Gasteiger partial charge on any atom is 0.271 e. The first-order valence-electron chi connectivity index (χ1n) is 14.8.